The molecule has 0 unspecified atom stereocenters. The van der Waals surface area contributed by atoms with Crippen LogP contribution in [0.5, 0.6) is 0 Å². The highest BCUT2D eigenvalue weighted by Gasteiger charge is 2.19. The van der Waals surface area contributed by atoms with Crippen LogP contribution in [-0.2, 0) is 11.2 Å². The van der Waals surface area contributed by atoms with Gasteiger partial charge in [-0.15, -0.1) is 0 Å². The van der Waals surface area contributed by atoms with Crippen molar-refractivity contribution < 1.29 is 10.0 Å². The summed E-state index contributed by atoms with van der Waals surface area (Å²) in [5.41, 5.74) is 5.89. The smallest absolute Gasteiger partial charge is 0.243 e. The minimum absolute atomic E-state index is 0.228. The van der Waals surface area contributed by atoms with Crippen LogP contribution in [-0.4, -0.2) is 34.0 Å². The highest BCUT2D eigenvalue weighted by molar-refractivity contribution is 5.92. The van der Waals surface area contributed by atoms with Crippen molar-refractivity contribution in [2.24, 2.45) is 5.92 Å². The molecule has 2 heterocycles. The Labute approximate surface area is 164 Å². The molecule has 6 nitrogen and oxygen atoms in total. The van der Waals surface area contributed by atoms with Crippen LogP contribution in [0.15, 0.2) is 48.7 Å². The molecule has 2 aromatic carbocycles. The van der Waals surface area contributed by atoms with Gasteiger partial charge >= 0.3 is 0 Å². The molecule has 146 valence electrons. The van der Waals surface area contributed by atoms with Gasteiger partial charge in [0.1, 0.15) is 0 Å². The van der Waals surface area contributed by atoms with E-state index in [9.17, 15) is 4.79 Å². The molecular formula is C22H26N4O2. The number of amides is 1. The Kier molecular flexibility index (Phi) is 5.30. The molecule has 0 spiro atoms. The lowest BCUT2D eigenvalue weighted by atomic mass is 9.98. The molecule has 0 aliphatic carbocycles. The molecule has 1 aromatic heterocycles. The van der Waals surface area contributed by atoms with Crippen molar-refractivity contribution in [3.63, 3.8) is 0 Å². The second kappa shape index (κ2) is 8.02. The number of hydroxylamine groups is 1. The maximum atomic E-state index is 11.4. The summed E-state index contributed by atoms with van der Waals surface area (Å²) in [6, 6.07) is 14.2. The fourth-order valence-electron chi connectivity index (χ4n) is 3.93. The van der Waals surface area contributed by atoms with Gasteiger partial charge in [-0.1, -0.05) is 31.2 Å². The van der Waals surface area contributed by atoms with Crippen molar-refractivity contribution in [2.75, 3.05) is 18.0 Å². The van der Waals surface area contributed by atoms with E-state index >= 15 is 0 Å². The summed E-state index contributed by atoms with van der Waals surface area (Å²) in [6.07, 6.45) is 5.30. The summed E-state index contributed by atoms with van der Waals surface area (Å²) < 4.78 is 1.91. The lowest BCUT2D eigenvalue weighted by Gasteiger charge is -2.32. The number of aryl methyl sites for hydroxylation is 1. The highest BCUT2D eigenvalue weighted by atomic mass is 16.5. The van der Waals surface area contributed by atoms with Crippen molar-refractivity contribution in [3.8, 4) is 5.69 Å². The van der Waals surface area contributed by atoms with Gasteiger partial charge in [0.15, 0.2) is 0 Å². The number of aromatic nitrogens is 2. The molecule has 1 aliphatic heterocycles. The maximum absolute atomic E-state index is 11.4. The molecule has 1 fully saturated rings. The fourth-order valence-corrected chi connectivity index (χ4v) is 3.93. The zero-order valence-corrected chi connectivity index (χ0v) is 16.1. The van der Waals surface area contributed by atoms with E-state index in [4.69, 9.17) is 10.3 Å². The SMILES string of the molecule is CC1CCN(c2cccc3nn(-c4ccccc4CCC(=O)NO)cc23)CC1. The van der Waals surface area contributed by atoms with E-state index in [0.29, 0.717) is 6.42 Å². The Morgan fingerprint density at radius 1 is 1.14 bits per heavy atom. The highest BCUT2D eigenvalue weighted by Crippen LogP contribution is 2.31. The van der Waals surface area contributed by atoms with Gasteiger partial charge in [0.25, 0.3) is 0 Å². The largest absolute Gasteiger partial charge is 0.371 e. The minimum atomic E-state index is -0.387. The number of rotatable bonds is 5. The van der Waals surface area contributed by atoms with Gasteiger partial charge in [-0.25, -0.2) is 10.2 Å². The van der Waals surface area contributed by atoms with Crippen molar-refractivity contribution >= 4 is 22.5 Å². The molecule has 0 atom stereocenters. The molecule has 28 heavy (non-hydrogen) atoms. The Morgan fingerprint density at radius 2 is 1.89 bits per heavy atom. The zero-order valence-electron chi connectivity index (χ0n) is 16.1. The van der Waals surface area contributed by atoms with Crippen molar-refractivity contribution in [3.05, 3.63) is 54.2 Å². The van der Waals surface area contributed by atoms with E-state index in [-0.39, 0.29) is 12.3 Å². The number of nitrogens with zero attached hydrogens (tertiary/aromatic N) is 3. The number of piperidine rings is 1. The van der Waals surface area contributed by atoms with E-state index < -0.39 is 0 Å². The second-order valence-electron chi connectivity index (χ2n) is 7.62. The lowest BCUT2D eigenvalue weighted by molar-refractivity contribution is -0.129. The van der Waals surface area contributed by atoms with Crippen LogP contribution in [0, 0.1) is 5.92 Å². The van der Waals surface area contributed by atoms with Gasteiger partial charge in [0.05, 0.1) is 11.2 Å². The first kappa shape index (κ1) is 18.5. The molecule has 1 amide bonds. The fraction of sp³-hybridized carbons (Fsp3) is 0.364. The van der Waals surface area contributed by atoms with Gasteiger partial charge in [-0.05, 0) is 48.9 Å². The van der Waals surface area contributed by atoms with E-state index in [2.05, 4.69) is 30.2 Å². The molecule has 3 aromatic rings. The molecule has 0 radical (unpaired) electrons. The van der Waals surface area contributed by atoms with Gasteiger partial charge in [-0.3, -0.25) is 10.0 Å². The summed E-state index contributed by atoms with van der Waals surface area (Å²) in [6.45, 7) is 4.49. The second-order valence-corrected chi connectivity index (χ2v) is 7.62. The van der Waals surface area contributed by atoms with E-state index in [1.165, 1.54) is 18.5 Å². The molecular weight excluding hydrogens is 352 g/mol. The van der Waals surface area contributed by atoms with Crippen molar-refractivity contribution in [1.29, 1.82) is 0 Å². The maximum Gasteiger partial charge on any atom is 0.243 e. The first-order chi connectivity index (χ1) is 13.7. The number of benzene rings is 2. The standard InChI is InChI=1S/C22H26N4O2/c1-16-11-13-25(14-12-16)21-8-4-6-19-18(21)15-26(23-19)20-7-3-2-5-17(20)9-10-22(27)24-28/h2-8,15-16,28H,9-14H2,1H3,(H,24,27). The third-order valence-electron chi connectivity index (χ3n) is 5.64. The average Bonchev–Trinajstić information content (AvgIpc) is 3.17. The van der Waals surface area contributed by atoms with E-state index in [1.54, 1.807) is 5.48 Å². The molecule has 2 N–H and O–H groups in total. The molecule has 6 heteroatoms. The third kappa shape index (κ3) is 3.73. The summed E-state index contributed by atoms with van der Waals surface area (Å²) >= 11 is 0. The lowest BCUT2D eigenvalue weighted by Crippen LogP contribution is -2.32. The molecule has 1 saturated heterocycles. The van der Waals surface area contributed by atoms with Gasteiger partial charge in [0, 0.05) is 36.8 Å². The van der Waals surface area contributed by atoms with Crippen LogP contribution < -0.4 is 10.4 Å². The Balaban J connectivity index is 1.67. The van der Waals surface area contributed by atoms with Gasteiger partial charge in [-0.2, -0.15) is 5.10 Å². The first-order valence-electron chi connectivity index (χ1n) is 9.90. The summed E-state index contributed by atoms with van der Waals surface area (Å²) in [5, 5.41) is 14.7. The number of hydrogen-bond acceptors (Lipinski definition) is 4. The Morgan fingerprint density at radius 3 is 2.68 bits per heavy atom. The Hall–Kier alpha value is -2.86. The van der Waals surface area contributed by atoms with Crippen LogP contribution in [0.2, 0.25) is 0 Å². The predicted octanol–water partition coefficient (Wildman–Crippen LogP) is 3.70. The van der Waals surface area contributed by atoms with Crippen LogP contribution in [0.1, 0.15) is 31.7 Å². The first-order valence-corrected chi connectivity index (χ1v) is 9.90. The third-order valence-corrected chi connectivity index (χ3v) is 5.64. The topological polar surface area (TPSA) is 70.4 Å². The van der Waals surface area contributed by atoms with Gasteiger partial charge < -0.3 is 4.90 Å². The van der Waals surface area contributed by atoms with Gasteiger partial charge in [0.2, 0.25) is 5.91 Å². The monoisotopic (exact) mass is 378 g/mol. The summed E-state index contributed by atoms with van der Waals surface area (Å²) in [5.74, 6) is 0.406. The number of nitrogens with one attached hydrogen (secondary N) is 1. The number of anilines is 1. The molecule has 0 saturated carbocycles. The van der Waals surface area contributed by atoms with Crippen LogP contribution >= 0.6 is 0 Å². The zero-order chi connectivity index (χ0) is 19.5. The Bertz CT molecular complexity index is 974. The quantitative estimate of drug-likeness (QED) is 0.525. The van der Waals surface area contributed by atoms with E-state index in [1.807, 2.05) is 35.0 Å². The van der Waals surface area contributed by atoms with E-state index in [0.717, 1.165) is 41.2 Å². The number of hydrogen-bond donors (Lipinski definition) is 2. The normalized spacial score (nSPS) is 15.1. The van der Waals surface area contributed by atoms with Crippen molar-refractivity contribution in [2.45, 2.75) is 32.6 Å². The average molecular weight is 378 g/mol. The molecule has 4 rings (SSSR count). The number of para-hydroxylation sites is 1. The van der Waals surface area contributed by atoms with Crippen LogP contribution in [0.4, 0.5) is 5.69 Å². The van der Waals surface area contributed by atoms with Crippen LogP contribution in [0.3, 0.4) is 0 Å². The molecule has 0 bridgehead atoms. The number of carbonyl (C=O) groups is 1. The number of carbonyl (C=O) groups excluding carboxylic acids is 1. The van der Waals surface area contributed by atoms with Crippen LogP contribution in [0.25, 0.3) is 16.6 Å². The molecule has 1 aliphatic rings. The predicted molar refractivity (Wildman–Crippen MR) is 110 cm³/mol. The summed E-state index contributed by atoms with van der Waals surface area (Å²) in [7, 11) is 0. The number of fused-ring (bicyclic) bond motifs is 1. The summed E-state index contributed by atoms with van der Waals surface area (Å²) in [4.78, 5) is 13.9. The van der Waals surface area contributed by atoms with Crippen molar-refractivity contribution in [1.82, 2.24) is 15.3 Å². The minimum Gasteiger partial charge on any atom is -0.371 e.